The smallest absolute Gasteiger partial charge is 0.252 e. The second-order valence-corrected chi connectivity index (χ2v) is 9.58. The van der Waals surface area contributed by atoms with Crippen molar-refractivity contribution >= 4 is 29.3 Å². The van der Waals surface area contributed by atoms with Gasteiger partial charge >= 0.3 is 0 Å². The first-order valence-corrected chi connectivity index (χ1v) is 13.3. The van der Waals surface area contributed by atoms with Gasteiger partial charge in [-0.05, 0) is 48.8 Å². The monoisotopic (exact) mass is 487 g/mol. The van der Waals surface area contributed by atoms with Crippen molar-refractivity contribution < 1.29 is 9.59 Å². The summed E-state index contributed by atoms with van der Waals surface area (Å²) in [7, 11) is 0. The van der Waals surface area contributed by atoms with Gasteiger partial charge in [0.1, 0.15) is 0 Å². The van der Waals surface area contributed by atoms with Crippen molar-refractivity contribution in [3.63, 3.8) is 0 Å². The maximum atomic E-state index is 13.2. The second-order valence-electron chi connectivity index (χ2n) is 8.57. The Kier molecular flexibility index (Phi) is 8.61. The molecule has 1 N–H and O–H groups in total. The van der Waals surface area contributed by atoms with Crippen LogP contribution in [0.2, 0.25) is 0 Å². The van der Waals surface area contributed by atoms with Crippen molar-refractivity contribution in [2.45, 2.75) is 31.2 Å². The summed E-state index contributed by atoms with van der Waals surface area (Å²) in [5.41, 5.74) is 4.02. The number of amides is 2. The molecule has 3 aromatic carbocycles. The van der Waals surface area contributed by atoms with Gasteiger partial charge in [-0.15, -0.1) is 11.8 Å². The Morgan fingerprint density at radius 3 is 2.40 bits per heavy atom. The van der Waals surface area contributed by atoms with E-state index < -0.39 is 0 Å². The number of likely N-dealkylation sites (N-methyl/N-ethyl adjacent to an activating group) is 1. The molecule has 0 bridgehead atoms. The number of thioether (sulfide) groups is 1. The molecule has 1 atom stereocenters. The number of carbonyl (C=O) groups excluding carboxylic acids is 2. The summed E-state index contributed by atoms with van der Waals surface area (Å²) in [4.78, 5) is 31.2. The fraction of sp³-hybridized carbons (Fsp3) is 0.310. The minimum absolute atomic E-state index is 0.0702. The lowest BCUT2D eigenvalue weighted by molar-refractivity contribution is -0.116. The van der Waals surface area contributed by atoms with Crippen LogP contribution in [0.3, 0.4) is 0 Å². The van der Waals surface area contributed by atoms with Crippen LogP contribution in [0.25, 0.3) is 0 Å². The van der Waals surface area contributed by atoms with Crippen LogP contribution < -0.4 is 10.2 Å². The van der Waals surface area contributed by atoms with Gasteiger partial charge < -0.3 is 10.2 Å². The minimum Gasteiger partial charge on any atom is -0.350 e. The van der Waals surface area contributed by atoms with Crippen molar-refractivity contribution in [3.8, 4) is 0 Å². The number of rotatable bonds is 10. The SMILES string of the molecule is CCN(CC)C(CNC(=O)c1ccccc1SCC(=O)N1CCc2ccccc21)c1ccccc1. The van der Waals surface area contributed by atoms with Crippen LogP contribution in [0.1, 0.15) is 41.4 Å². The lowest BCUT2D eigenvalue weighted by Gasteiger charge is -2.30. The fourth-order valence-electron chi connectivity index (χ4n) is 4.68. The summed E-state index contributed by atoms with van der Waals surface area (Å²) in [5.74, 6) is 0.256. The summed E-state index contributed by atoms with van der Waals surface area (Å²) >= 11 is 1.43. The van der Waals surface area contributed by atoms with Crippen LogP contribution in [0.4, 0.5) is 5.69 Å². The summed E-state index contributed by atoms with van der Waals surface area (Å²) in [6.07, 6.45) is 0.890. The molecule has 6 heteroatoms. The van der Waals surface area contributed by atoms with E-state index >= 15 is 0 Å². The van der Waals surface area contributed by atoms with Crippen LogP contribution in [0, 0.1) is 0 Å². The van der Waals surface area contributed by atoms with Crippen molar-refractivity contribution in [2.24, 2.45) is 0 Å². The molecule has 1 aliphatic rings. The summed E-state index contributed by atoms with van der Waals surface area (Å²) in [6.45, 7) is 7.33. The van der Waals surface area contributed by atoms with E-state index in [2.05, 4.69) is 42.3 Å². The van der Waals surface area contributed by atoms with Gasteiger partial charge in [0.25, 0.3) is 5.91 Å². The Balaban J connectivity index is 1.42. The van der Waals surface area contributed by atoms with Crippen molar-refractivity contribution in [3.05, 3.63) is 95.6 Å². The summed E-state index contributed by atoms with van der Waals surface area (Å²) in [6, 6.07) is 26.0. The van der Waals surface area contributed by atoms with Crippen molar-refractivity contribution in [2.75, 3.05) is 36.8 Å². The van der Waals surface area contributed by atoms with E-state index in [4.69, 9.17) is 0 Å². The van der Waals surface area contributed by atoms with Gasteiger partial charge in [-0.1, -0.05) is 74.5 Å². The number of fused-ring (bicyclic) bond motifs is 1. The molecular formula is C29H33N3O2S. The third-order valence-corrected chi connectivity index (χ3v) is 7.62. The predicted octanol–water partition coefficient (Wildman–Crippen LogP) is 5.18. The maximum Gasteiger partial charge on any atom is 0.252 e. The molecule has 1 heterocycles. The lowest BCUT2D eigenvalue weighted by Crippen LogP contribution is -2.38. The van der Waals surface area contributed by atoms with Crippen LogP contribution >= 0.6 is 11.8 Å². The normalized spacial score (nSPS) is 13.5. The number of nitrogens with one attached hydrogen (secondary N) is 1. The fourth-order valence-corrected chi connectivity index (χ4v) is 5.60. The standard InChI is InChI=1S/C29H33N3O2S/c1-3-31(4-2)26(22-12-6-5-7-13-22)20-30-29(34)24-15-9-11-17-27(24)35-21-28(33)32-19-18-23-14-8-10-16-25(23)32/h5-17,26H,3-4,18-21H2,1-2H3,(H,30,34). The molecule has 35 heavy (non-hydrogen) atoms. The number of para-hydroxylation sites is 1. The van der Waals surface area contributed by atoms with E-state index in [1.54, 1.807) is 0 Å². The molecule has 0 spiro atoms. The predicted molar refractivity (Wildman–Crippen MR) is 144 cm³/mol. The third kappa shape index (κ3) is 5.95. The van der Waals surface area contributed by atoms with Gasteiger partial charge in [0, 0.05) is 23.7 Å². The van der Waals surface area contributed by atoms with E-state index in [0.717, 1.165) is 30.1 Å². The average molecular weight is 488 g/mol. The summed E-state index contributed by atoms with van der Waals surface area (Å²) < 4.78 is 0. The Hall–Kier alpha value is -3.09. The van der Waals surface area contributed by atoms with Crippen LogP contribution in [0.5, 0.6) is 0 Å². The van der Waals surface area contributed by atoms with Crippen LogP contribution in [0.15, 0.2) is 83.8 Å². The van der Waals surface area contributed by atoms with Crippen molar-refractivity contribution in [1.29, 1.82) is 0 Å². The quantitative estimate of drug-likeness (QED) is 0.400. The number of carbonyl (C=O) groups is 2. The first-order chi connectivity index (χ1) is 17.1. The number of hydrogen-bond acceptors (Lipinski definition) is 4. The number of nitrogens with zero attached hydrogens (tertiary/aromatic N) is 2. The molecule has 0 radical (unpaired) electrons. The molecule has 182 valence electrons. The maximum absolute atomic E-state index is 13.2. The Labute approximate surface area is 212 Å². The van der Waals surface area contributed by atoms with Gasteiger partial charge in [-0.3, -0.25) is 14.5 Å². The molecule has 1 aliphatic heterocycles. The van der Waals surface area contributed by atoms with E-state index in [1.807, 2.05) is 65.6 Å². The third-order valence-electron chi connectivity index (χ3n) is 6.56. The highest BCUT2D eigenvalue weighted by Gasteiger charge is 2.25. The highest BCUT2D eigenvalue weighted by molar-refractivity contribution is 8.00. The van der Waals surface area contributed by atoms with Gasteiger partial charge in [-0.2, -0.15) is 0 Å². The molecule has 0 aliphatic carbocycles. The number of benzene rings is 3. The molecule has 0 saturated heterocycles. The Morgan fingerprint density at radius 1 is 0.943 bits per heavy atom. The number of anilines is 1. The minimum atomic E-state index is -0.111. The average Bonchev–Trinajstić information content (AvgIpc) is 3.34. The van der Waals surface area contributed by atoms with Gasteiger partial charge in [0.2, 0.25) is 5.91 Å². The second kappa shape index (κ2) is 12.0. The summed E-state index contributed by atoms with van der Waals surface area (Å²) in [5, 5.41) is 3.15. The molecule has 0 aromatic heterocycles. The molecule has 0 fully saturated rings. The molecule has 3 aromatic rings. The van der Waals surface area contributed by atoms with Crippen molar-refractivity contribution in [1.82, 2.24) is 10.2 Å². The topological polar surface area (TPSA) is 52.7 Å². The molecule has 1 unspecified atom stereocenters. The highest BCUT2D eigenvalue weighted by atomic mass is 32.2. The van der Waals surface area contributed by atoms with E-state index in [1.165, 1.54) is 22.9 Å². The zero-order valence-electron chi connectivity index (χ0n) is 20.4. The molecule has 0 saturated carbocycles. The van der Waals surface area contributed by atoms with Gasteiger partial charge in [-0.25, -0.2) is 0 Å². The largest absolute Gasteiger partial charge is 0.350 e. The zero-order valence-corrected chi connectivity index (χ0v) is 21.3. The Bertz CT molecular complexity index is 1150. The van der Waals surface area contributed by atoms with E-state index in [-0.39, 0.29) is 17.9 Å². The van der Waals surface area contributed by atoms with E-state index in [9.17, 15) is 9.59 Å². The van der Waals surface area contributed by atoms with E-state index in [0.29, 0.717) is 24.4 Å². The number of hydrogen-bond donors (Lipinski definition) is 1. The lowest BCUT2D eigenvalue weighted by atomic mass is 10.0. The first kappa shape index (κ1) is 25.0. The van der Waals surface area contributed by atoms with Gasteiger partial charge in [0.15, 0.2) is 0 Å². The Morgan fingerprint density at radius 2 is 1.63 bits per heavy atom. The molecule has 5 nitrogen and oxygen atoms in total. The molecule has 4 rings (SSSR count). The van der Waals surface area contributed by atoms with Crippen LogP contribution in [-0.4, -0.2) is 48.6 Å². The molecular weight excluding hydrogens is 454 g/mol. The zero-order chi connectivity index (χ0) is 24.6. The first-order valence-electron chi connectivity index (χ1n) is 12.3. The van der Waals surface area contributed by atoms with Gasteiger partial charge in [0.05, 0.1) is 17.4 Å². The molecule has 2 amide bonds. The highest BCUT2D eigenvalue weighted by Crippen LogP contribution is 2.30. The van der Waals surface area contributed by atoms with Crippen LogP contribution in [-0.2, 0) is 11.2 Å².